The van der Waals surface area contributed by atoms with Gasteiger partial charge in [-0.05, 0) is 18.6 Å². The van der Waals surface area contributed by atoms with Gasteiger partial charge in [-0.3, -0.25) is 14.6 Å². The first-order valence-corrected chi connectivity index (χ1v) is 7.41. The van der Waals surface area contributed by atoms with E-state index in [1.54, 1.807) is 18.3 Å². The van der Waals surface area contributed by atoms with E-state index in [1.807, 2.05) is 6.92 Å². The Morgan fingerprint density at radius 3 is 2.86 bits per heavy atom. The van der Waals surface area contributed by atoms with Gasteiger partial charge in [0.1, 0.15) is 18.2 Å². The molecule has 0 saturated carbocycles. The predicted octanol–water partition coefficient (Wildman–Crippen LogP) is -0.456. The number of nitrogens with zero attached hydrogens (tertiary/aromatic N) is 2. The zero-order chi connectivity index (χ0) is 16.1. The molecule has 2 rings (SSSR count). The van der Waals surface area contributed by atoms with Gasteiger partial charge in [-0.1, -0.05) is 13.3 Å². The molecule has 1 aromatic heterocycles. The normalized spacial score (nSPS) is 24.3. The van der Waals surface area contributed by atoms with Crippen molar-refractivity contribution in [2.45, 2.75) is 38.0 Å². The van der Waals surface area contributed by atoms with Crippen molar-refractivity contribution in [1.29, 1.82) is 0 Å². The van der Waals surface area contributed by atoms with Gasteiger partial charge < -0.3 is 20.4 Å². The lowest BCUT2D eigenvalue weighted by Gasteiger charge is -2.25. The molecule has 0 aromatic carbocycles. The van der Waals surface area contributed by atoms with Crippen molar-refractivity contribution >= 4 is 11.8 Å². The van der Waals surface area contributed by atoms with E-state index in [9.17, 15) is 19.8 Å². The topological polar surface area (TPSA) is 103 Å². The smallest absolute Gasteiger partial charge is 0.256 e. The summed E-state index contributed by atoms with van der Waals surface area (Å²) < 4.78 is 0. The molecule has 1 aromatic rings. The minimum Gasteiger partial charge on any atom is -0.388 e. The molecule has 7 heteroatoms. The molecule has 1 aliphatic heterocycles. The number of likely N-dealkylation sites (tertiary alicyclic amines) is 1. The maximum atomic E-state index is 12.5. The molecule has 0 spiro atoms. The molecule has 3 atom stereocenters. The molecule has 1 aliphatic rings. The average Bonchev–Trinajstić information content (AvgIpc) is 2.83. The Balaban J connectivity index is 2.14. The third-order valence-electron chi connectivity index (χ3n) is 3.70. The molecule has 1 saturated heterocycles. The molecule has 2 amide bonds. The fourth-order valence-electron chi connectivity index (χ4n) is 2.47. The second kappa shape index (κ2) is 7.33. The van der Waals surface area contributed by atoms with Crippen molar-refractivity contribution in [3.05, 3.63) is 30.1 Å². The van der Waals surface area contributed by atoms with Crippen LogP contribution in [0.5, 0.6) is 0 Å². The van der Waals surface area contributed by atoms with Gasteiger partial charge in [0.25, 0.3) is 5.91 Å². The monoisotopic (exact) mass is 307 g/mol. The lowest BCUT2D eigenvalue weighted by atomic mass is 10.1. The summed E-state index contributed by atoms with van der Waals surface area (Å²) in [5.74, 6) is -0.880. The number of carbonyl (C=O) groups is 2. The fraction of sp³-hybridized carbons (Fsp3) is 0.533. The van der Waals surface area contributed by atoms with Crippen LogP contribution in [0.3, 0.4) is 0 Å². The second-order valence-corrected chi connectivity index (χ2v) is 5.35. The van der Waals surface area contributed by atoms with E-state index in [0.717, 1.165) is 12.8 Å². The number of carbonyl (C=O) groups excluding carboxylic acids is 2. The van der Waals surface area contributed by atoms with Gasteiger partial charge in [0.15, 0.2) is 0 Å². The van der Waals surface area contributed by atoms with Gasteiger partial charge in [0.05, 0.1) is 12.1 Å². The molecule has 0 radical (unpaired) electrons. The van der Waals surface area contributed by atoms with Crippen LogP contribution < -0.4 is 5.32 Å². The van der Waals surface area contributed by atoms with Crippen molar-refractivity contribution in [1.82, 2.24) is 15.2 Å². The highest BCUT2D eigenvalue weighted by Gasteiger charge is 2.46. The summed E-state index contributed by atoms with van der Waals surface area (Å²) in [6.45, 7) is 2.39. The number of β-amino-alcohol motifs (C(OH)–C–C–N with tert-alkyl or cyclic N) is 1. The Labute approximate surface area is 129 Å². The SMILES string of the molecule is CCCCNC(=O)[C@@H]1[C@@H](O)[C@@H](O)CN1C(=O)c1cccnc1. The number of aromatic nitrogens is 1. The third kappa shape index (κ3) is 3.42. The number of nitrogens with one attached hydrogen (secondary N) is 1. The Morgan fingerprint density at radius 1 is 1.45 bits per heavy atom. The minimum absolute atomic E-state index is 0.0826. The van der Waals surface area contributed by atoms with E-state index >= 15 is 0 Å². The molecule has 22 heavy (non-hydrogen) atoms. The molecule has 7 nitrogen and oxygen atoms in total. The first kappa shape index (κ1) is 16.4. The van der Waals surface area contributed by atoms with Crippen molar-refractivity contribution < 1.29 is 19.8 Å². The molecule has 1 fully saturated rings. The first-order chi connectivity index (χ1) is 10.6. The van der Waals surface area contributed by atoms with E-state index in [4.69, 9.17) is 0 Å². The Bertz CT molecular complexity index is 523. The van der Waals surface area contributed by atoms with Crippen LogP contribution >= 0.6 is 0 Å². The number of amides is 2. The van der Waals surface area contributed by atoms with Gasteiger partial charge >= 0.3 is 0 Å². The largest absolute Gasteiger partial charge is 0.388 e. The number of unbranched alkanes of at least 4 members (excludes halogenated alkanes) is 1. The lowest BCUT2D eigenvalue weighted by Crippen LogP contribution is -2.50. The number of pyridine rings is 1. The summed E-state index contributed by atoms with van der Waals surface area (Å²) in [6.07, 6.45) is 2.25. The molecular weight excluding hydrogens is 286 g/mol. The number of hydrogen-bond donors (Lipinski definition) is 3. The van der Waals surface area contributed by atoms with Gasteiger partial charge in [-0.25, -0.2) is 0 Å². The second-order valence-electron chi connectivity index (χ2n) is 5.35. The first-order valence-electron chi connectivity index (χ1n) is 7.41. The molecule has 0 bridgehead atoms. The van der Waals surface area contributed by atoms with Gasteiger partial charge in [-0.15, -0.1) is 0 Å². The van der Waals surface area contributed by atoms with E-state index in [1.165, 1.54) is 11.1 Å². The van der Waals surface area contributed by atoms with Crippen LogP contribution in [0.1, 0.15) is 30.1 Å². The van der Waals surface area contributed by atoms with E-state index in [2.05, 4.69) is 10.3 Å². The van der Waals surface area contributed by atoms with Crippen molar-refractivity contribution in [3.8, 4) is 0 Å². The highest BCUT2D eigenvalue weighted by Crippen LogP contribution is 2.21. The van der Waals surface area contributed by atoms with Gasteiger partial charge in [0, 0.05) is 18.9 Å². The van der Waals surface area contributed by atoms with E-state index in [0.29, 0.717) is 12.1 Å². The highest BCUT2D eigenvalue weighted by molar-refractivity contribution is 5.98. The predicted molar refractivity (Wildman–Crippen MR) is 79.0 cm³/mol. The van der Waals surface area contributed by atoms with Crippen LogP contribution in [0.2, 0.25) is 0 Å². The van der Waals surface area contributed by atoms with Gasteiger partial charge in [-0.2, -0.15) is 0 Å². The summed E-state index contributed by atoms with van der Waals surface area (Å²) in [4.78, 5) is 29.8. The summed E-state index contributed by atoms with van der Waals surface area (Å²) in [6, 6.07) is 2.12. The molecule has 0 unspecified atom stereocenters. The minimum atomic E-state index is -1.29. The summed E-state index contributed by atoms with van der Waals surface area (Å²) >= 11 is 0. The number of aliphatic hydroxyl groups is 2. The summed E-state index contributed by atoms with van der Waals surface area (Å²) in [7, 11) is 0. The molecule has 0 aliphatic carbocycles. The van der Waals surface area contributed by atoms with Crippen molar-refractivity contribution in [3.63, 3.8) is 0 Å². The van der Waals surface area contributed by atoms with Crippen molar-refractivity contribution in [2.24, 2.45) is 0 Å². The fourth-order valence-corrected chi connectivity index (χ4v) is 2.47. The van der Waals surface area contributed by atoms with E-state index in [-0.39, 0.29) is 6.54 Å². The average molecular weight is 307 g/mol. The van der Waals surface area contributed by atoms with Crippen LogP contribution in [-0.4, -0.2) is 63.3 Å². The quantitative estimate of drug-likeness (QED) is 0.639. The zero-order valence-electron chi connectivity index (χ0n) is 12.5. The van der Waals surface area contributed by atoms with Crippen LogP contribution in [-0.2, 0) is 4.79 Å². The summed E-state index contributed by atoms with van der Waals surface area (Å²) in [5, 5.41) is 22.5. The van der Waals surface area contributed by atoms with Gasteiger partial charge in [0.2, 0.25) is 5.91 Å². The van der Waals surface area contributed by atoms with E-state index < -0.39 is 30.1 Å². The summed E-state index contributed by atoms with van der Waals surface area (Å²) in [5.41, 5.74) is 0.315. The Kier molecular flexibility index (Phi) is 5.46. The lowest BCUT2D eigenvalue weighted by molar-refractivity contribution is -0.127. The van der Waals surface area contributed by atoms with Crippen LogP contribution in [0.15, 0.2) is 24.5 Å². The van der Waals surface area contributed by atoms with Crippen LogP contribution in [0, 0.1) is 0 Å². The molecule has 3 N–H and O–H groups in total. The Morgan fingerprint density at radius 2 is 2.23 bits per heavy atom. The number of hydrogen-bond acceptors (Lipinski definition) is 5. The van der Waals surface area contributed by atoms with Crippen LogP contribution in [0.25, 0.3) is 0 Å². The number of rotatable bonds is 5. The molecular formula is C15H21N3O4. The van der Waals surface area contributed by atoms with Crippen molar-refractivity contribution in [2.75, 3.05) is 13.1 Å². The zero-order valence-corrected chi connectivity index (χ0v) is 12.5. The third-order valence-corrected chi connectivity index (χ3v) is 3.70. The standard InChI is InChI=1S/C15H21N3O4/c1-2-3-7-17-14(21)12-13(20)11(19)9-18(12)15(22)10-5-4-6-16-8-10/h4-6,8,11-13,19-20H,2-3,7,9H2,1H3,(H,17,21)/t11-,12-,13-/m0/s1. The number of aliphatic hydroxyl groups excluding tert-OH is 2. The maximum Gasteiger partial charge on any atom is 0.256 e. The molecule has 120 valence electrons. The Hall–Kier alpha value is -1.99. The van der Waals surface area contributed by atoms with Crippen LogP contribution in [0.4, 0.5) is 0 Å². The highest BCUT2D eigenvalue weighted by atomic mass is 16.3. The maximum absolute atomic E-state index is 12.5. The molecule has 2 heterocycles.